The fourth-order valence-corrected chi connectivity index (χ4v) is 7.64. The summed E-state index contributed by atoms with van der Waals surface area (Å²) in [4.78, 5) is 15.6. The van der Waals surface area contributed by atoms with Crippen LogP contribution in [-0.4, -0.2) is 15.0 Å². The number of thiophene rings is 1. The Morgan fingerprint density at radius 3 is 1.85 bits per heavy atom. The van der Waals surface area contributed by atoms with Crippen molar-refractivity contribution in [3.63, 3.8) is 0 Å². The number of nitrogens with zero attached hydrogens (tertiary/aromatic N) is 3. The molecule has 3 nitrogen and oxygen atoms in total. The average Bonchev–Trinajstić information content (AvgIpc) is 3.54. The Bertz CT molecular complexity index is 2590. The SMILES string of the molecule is c1ccc(-c2cccc(-c3nc(-c4ccccc4-c4ccc5ccccc5c4)nc(-c4cccc5c4sc4ccccc45)n3)c2)cc1. The van der Waals surface area contributed by atoms with Crippen LogP contribution in [0.2, 0.25) is 0 Å². The van der Waals surface area contributed by atoms with Gasteiger partial charge in [0.2, 0.25) is 0 Å². The molecule has 0 radical (unpaired) electrons. The van der Waals surface area contributed by atoms with E-state index in [2.05, 4.69) is 158 Å². The van der Waals surface area contributed by atoms with Crippen molar-refractivity contribution < 1.29 is 0 Å². The highest BCUT2D eigenvalue weighted by atomic mass is 32.1. The first kappa shape index (κ1) is 27.3. The number of rotatable bonds is 5. The molecule has 0 aliphatic heterocycles. The molecule has 0 aliphatic carbocycles. The molecule has 2 heterocycles. The minimum atomic E-state index is 0.647. The molecule has 4 heteroatoms. The third-order valence-corrected chi connectivity index (χ3v) is 9.96. The minimum absolute atomic E-state index is 0.647. The molecule has 0 N–H and O–H groups in total. The molecule has 0 fully saturated rings. The number of benzene rings is 7. The van der Waals surface area contributed by atoms with Crippen molar-refractivity contribution in [2.75, 3.05) is 0 Å². The number of hydrogen-bond donors (Lipinski definition) is 0. The van der Waals surface area contributed by atoms with Crippen molar-refractivity contribution in [1.82, 2.24) is 15.0 Å². The lowest BCUT2D eigenvalue weighted by atomic mass is 9.96. The molecular weight excluding hydrogens is 591 g/mol. The molecule has 0 saturated carbocycles. The number of fused-ring (bicyclic) bond motifs is 4. The van der Waals surface area contributed by atoms with E-state index in [-0.39, 0.29) is 0 Å². The Kier molecular flexibility index (Phi) is 6.65. The zero-order valence-corrected chi connectivity index (χ0v) is 26.2. The van der Waals surface area contributed by atoms with Gasteiger partial charge in [0.05, 0.1) is 0 Å². The lowest BCUT2D eigenvalue weighted by Crippen LogP contribution is -2.01. The van der Waals surface area contributed by atoms with Gasteiger partial charge >= 0.3 is 0 Å². The summed E-state index contributed by atoms with van der Waals surface area (Å²) in [7, 11) is 0. The van der Waals surface area contributed by atoms with E-state index in [1.165, 1.54) is 30.9 Å². The van der Waals surface area contributed by atoms with Gasteiger partial charge in [-0.1, -0.05) is 140 Å². The van der Waals surface area contributed by atoms with E-state index >= 15 is 0 Å². The van der Waals surface area contributed by atoms with Crippen LogP contribution < -0.4 is 0 Å². The van der Waals surface area contributed by atoms with E-state index in [4.69, 9.17) is 15.0 Å². The summed E-state index contributed by atoms with van der Waals surface area (Å²) in [5, 5.41) is 4.88. The summed E-state index contributed by atoms with van der Waals surface area (Å²) in [5.41, 5.74) is 7.41. The van der Waals surface area contributed by atoms with Crippen molar-refractivity contribution >= 4 is 42.3 Å². The summed E-state index contributed by atoms with van der Waals surface area (Å²) in [6.07, 6.45) is 0. The molecule has 0 saturated heterocycles. The van der Waals surface area contributed by atoms with Crippen molar-refractivity contribution in [2.24, 2.45) is 0 Å². The van der Waals surface area contributed by atoms with Crippen LogP contribution >= 0.6 is 11.3 Å². The van der Waals surface area contributed by atoms with E-state index in [0.29, 0.717) is 17.5 Å². The van der Waals surface area contributed by atoms with Crippen LogP contribution in [0.1, 0.15) is 0 Å². The van der Waals surface area contributed by atoms with Crippen molar-refractivity contribution in [1.29, 1.82) is 0 Å². The molecule has 0 unspecified atom stereocenters. The van der Waals surface area contributed by atoms with E-state index in [1.54, 1.807) is 11.3 Å². The fraction of sp³-hybridized carbons (Fsp3) is 0. The summed E-state index contributed by atoms with van der Waals surface area (Å²) >= 11 is 1.79. The largest absolute Gasteiger partial charge is 0.208 e. The van der Waals surface area contributed by atoms with Gasteiger partial charge in [-0.3, -0.25) is 0 Å². The molecule has 7 aromatic carbocycles. The monoisotopic (exact) mass is 617 g/mol. The van der Waals surface area contributed by atoms with Crippen LogP contribution in [-0.2, 0) is 0 Å². The molecule has 0 spiro atoms. The lowest BCUT2D eigenvalue weighted by molar-refractivity contribution is 1.08. The van der Waals surface area contributed by atoms with E-state index in [9.17, 15) is 0 Å². The van der Waals surface area contributed by atoms with Crippen molar-refractivity contribution in [2.45, 2.75) is 0 Å². The second-order valence-electron chi connectivity index (χ2n) is 11.6. The Morgan fingerprint density at radius 1 is 0.340 bits per heavy atom. The molecule has 47 heavy (non-hydrogen) atoms. The smallest absolute Gasteiger partial charge is 0.165 e. The highest BCUT2D eigenvalue weighted by Crippen LogP contribution is 2.40. The number of hydrogen-bond acceptors (Lipinski definition) is 4. The van der Waals surface area contributed by atoms with Gasteiger partial charge in [-0.05, 0) is 57.3 Å². The number of aromatic nitrogens is 3. The van der Waals surface area contributed by atoms with E-state index in [0.717, 1.165) is 38.9 Å². The molecule has 9 rings (SSSR count). The fourth-order valence-electron chi connectivity index (χ4n) is 6.42. The van der Waals surface area contributed by atoms with E-state index in [1.807, 2.05) is 6.07 Å². The second kappa shape index (κ2) is 11.4. The minimum Gasteiger partial charge on any atom is -0.208 e. The van der Waals surface area contributed by atoms with Gasteiger partial charge in [0.25, 0.3) is 0 Å². The van der Waals surface area contributed by atoms with Gasteiger partial charge < -0.3 is 0 Å². The van der Waals surface area contributed by atoms with Crippen LogP contribution in [0.5, 0.6) is 0 Å². The van der Waals surface area contributed by atoms with Crippen LogP contribution in [0.4, 0.5) is 0 Å². The van der Waals surface area contributed by atoms with E-state index < -0.39 is 0 Å². The maximum absolute atomic E-state index is 5.23. The highest BCUT2D eigenvalue weighted by Gasteiger charge is 2.18. The zero-order chi connectivity index (χ0) is 31.2. The first-order valence-corrected chi connectivity index (χ1v) is 16.5. The molecule has 0 amide bonds. The van der Waals surface area contributed by atoms with Crippen LogP contribution in [0.3, 0.4) is 0 Å². The van der Waals surface area contributed by atoms with Crippen LogP contribution in [0, 0.1) is 0 Å². The molecular formula is C43H27N3S. The summed E-state index contributed by atoms with van der Waals surface area (Å²) in [5.74, 6) is 1.96. The van der Waals surface area contributed by atoms with Crippen LogP contribution in [0.25, 0.3) is 87.4 Å². The van der Waals surface area contributed by atoms with Gasteiger partial charge in [-0.25, -0.2) is 15.0 Å². The van der Waals surface area contributed by atoms with Gasteiger partial charge in [0.15, 0.2) is 17.5 Å². The van der Waals surface area contributed by atoms with Crippen molar-refractivity contribution in [3.8, 4) is 56.4 Å². The summed E-state index contributed by atoms with van der Waals surface area (Å²) < 4.78 is 2.43. The Labute approximate surface area is 276 Å². The topological polar surface area (TPSA) is 38.7 Å². The first-order valence-electron chi connectivity index (χ1n) is 15.7. The third kappa shape index (κ3) is 4.96. The molecule has 0 atom stereocenters. The first-order chi connectivity index (χ1) is 23.3. The Morgan fingerprint density at radius 2 is 0.957 bits per heavy atom. The lowest BCUT2D eigenvalue weighted by Gasteiger charge is -2.13. The van der Waals surface area contributed by atoms with Gasteiger partial charge in [-0.15, -0.1) is 11.3 Å². The standard InChI is InChI=1S/C43H27N3S/c1-2-12-28(13-3-1)31-16-10-17-33(27-31)41-44-42(37-20-7-6-18-34(37)32-25-24-29-14-4-5-15-30(29)26-32)46-43(45-41)38-22-11-21-36-35-19-8-9-23-39(35)47-40(36)38/h1-27H. The quantitative estimate of drug-likeness (QED) is 0.193. The molecule has 0 bridgehead atoms. The average molecular weight is 618 g/mol. The Balaban J connectivity index is 1.28. The maximum Gasteiger partial charge on any atom is 0.165 e. The summed E-state index contributed by atoms with van der Waals surface area (Å²) in [6, 6.07) is 57.4. The van der Waals surface area contributed by atoms with Crippen molar-refractivity contribution in [3.05, 3.63) is 164 Å². The van der Waals surface area contributed by atoms with Crippen LogP contribution in [0.15, 0.2) is 164 Å². The molecule has 9 aromatic rings. The second-order valence-corrected chi connectivity index (χ2v) is 12.7. The summed E-state index contributed by atoms with van der Waals surface area (Å²) in [6.45, 7) is 0. The predicted octanol–water partition coefficient (Wildman–Crippen LogP) is 11.7. The van der Waals surface area contributed by atoms with Gasteiger partial charge in [0.1, 0.15) is 0 Å². The maximum atomic E-state index is 5.23. The highest BCUT2D eigenvalue weighted by molar-refractivity contribution is 7.26. The molecule has 0 aliphatic rings. The molecule has 220 valence electrons. The normalized spacial score (nSPS) is 11.4. The Hall–Kier alpha value is -5.97. The van der Waals surface area contributed by atoms with Gasteiger partial charge in [0, 0.05) is 36.9 Å². The zero-order valence-electron chi connectivity index (χ0n) is 25.3. The predicted molar refractivity (Wildman–Crippen MR) is 197 cm³/mol. The molecule has 2 aromatic heterocycles. The van der Waals surface area contributed by atoms with Gasteiger partial charge in [-0.2, -0.15) is 0 Å². The third-order valence-electron chi connectivity index (χ3n) is 8.74.